The number of methoxy groups -OCH3 is 1. The molecule has 19 heavy (non-hydrogen) atoms. The number of hydrogen-bond donors (Lipinski definition) is 1. The highest BCUT2D eigenvalue weighted by Crippen LogP contribution is 2.34. The molecule has 1 aliphatic rings. The molecule has 1 aromatic rings. The van der Waals surface area contributed by atoms with Crippen molar-refractivity contribution >= 4 is 0 Å². The Hall–Kier alpha value is -1.26. The molecule has 1 aliphatic carbocycles. The van der Waals surface area contributed by atoms with E-state index in [1.54, 1.807) is 7.11 Å². The molecular weight excluding hydrogens is 240 g/mol. The molecule has 0 heterocycles. The van der Waals surface area contributed by atoms with Crippen molar-refractivity contribution < 1.29 is 9.47 Å². The van der Waals surface area contributed by atoms with Crippen LogP contribution in [-0.4, -0.2) is 44.8 Å². The zero-order valence-electron chi connectivity index (χ0n) is 11.8. The van der Waals surface area contributed by atoms with Crippen LogP contribution in [0.2, 0.25) is 0 Å². The van der Waals surface area contributed by atoms with E-state index in [0.29, 0.717) is 12.6 Å². The number of nitrogens with two attached hydrogens (primary N) is 1. The van der Waals surface area contributed by atoms with Gasteiger partial charge in [-0.1, -0.05) is 0 Å². The van der Waals surface area contributed by atoms with Crippen molar-refractivity contribution in [3.63, 3.8) is 0 Å². The fourth-order valence-electron chi connectivity index (χ4n) is 2.36. The van der Waals surface area contributed by atoms with Crippen molar-refractivity contribution in [3.8, 4) is 11.5 Å². The summed E-state index contributed by atoms with van der Waals surface area (Å²) in [6.07, 6.45) is 2.65. The van der Waals surface area contributed by atoms with Crippen LogP contribution >= 0.6 is 0 Å². The summed E-state index contributed by atoms with van der Waals surface area (Å²) in [5, 5.41) is 0. The van der Waals surface area contributed by atoms with E-state index in [-0.39, 0.29) is 0 Å². The van der Waals surface area contributed by atoms with Gasteiger partial charge >= 0.3 is 0 Å². The van der Waals surface area contributed by atoms with Crippen LogP contribution in [-0.2, 0) is 0 Å². The summed E-state index contributed by atoms with van der Waals surface area (Å²) in [5.74, 6) is 2.53. The zero-order valence-corrected chi connectivity index (χ0v) is 11.8. The smallest absolute Gasteiger partial charge is 0.119 e. The van der Waals surface area contributed by atoms with Crippen LogP contribution in [0.4, 0.5) is 0 Å². The first kappa shape index (κ1) is 14.2. The first-order valence-electron chi connectivity index (χ1n) is 6.91. The first-order valence-corrected chi connectivity index (χ1v) is 6.91. The van der Waals surface area contributed by atoms with Crippen molar-refractivity contribution in [2.75, 3.05) is 33.9 Å². The van der Waals surface area contributed by atoms with E-state index in [1.807, 2.05) is 24.3 Å². The minimum atomic E-state index is 0.513. The molecule has 1 fully saturated rings. The summed E-state index contributed by atoms with van der Waals surface area (Å²) in [6, 6.07) is 8.19. The molecule has 4 heteroatoms. The van der Waals surface area contributed by atoms with Gasteiger partial charge in [-0.2, -0.15) is 0 Å². The number of rotatable bonds is 8. The molecule has 0 aliphatic heterocycles. The van der Waals surface area contributed by atoms with Crippen LogP contribution in [0.15, 0.2) is 24.3 Å². The lowest BCUT2D eigenvalue weighted by atomic mass is 10.1. The van der Waals surface area contributed by atoms with Crippen molar-refractivity contribution in [1.82, 2.24) is 4.90 Å². The molecule has 1 unspecified atom stereocenters. The standard InChI is InChI=1S/C15H24N2O2/c1-17(15(11-16)12-3-4-12)9-10-19-14-7-5-13(18-2)6-8-14/h5-8,12,15H,3-4,9-11,16H2,1-2H3. The van der Waals surface area contributed by atoms with Crippen LogP contribution in [0.3, 0.4) is 0 Å². The Balaban J connectivity index is 1.72. The normalized spacial score (nSPS) is 16.4. The predicted molar refractivity (Wildman–Crippen MR) is 76.7 cm³/mol. The van der Waals surface area contributed by atoms with Crippen molar-refractivity contribution in [3.05, 3.63) is 24.3 Å². The Morgan fingerprint density at radius 2 is 1.89 bits per heavy atom. The van der Waals surface area contributed by atoms with Crippen LogP contribution in [0.5, 0.6) is 11.5 Å². The quantitative estimate of drug-likeness (QED) is 0.777. The average molecular weight is 264 g/mol. The van der Waals surface area contributed by atoms with E-state index in [9.17, 15) is 0 Å². The van der Waals surface area contributed by atoms with Gasteiger partial charge in [0.25, 0.3) is 0 Å². The van der Waals surface area contributed by atoms with Crippen LogP contribution in [0.1, 0.15) is 12.8 Å². The molecule has 0 saturated heterocycles. The predicted octanol–water partition coefficient (Wildman–Crippen LogP) is 1.74. The maximum Gasteiger partial charge on any atom is 0.119 e. The second kappa shape index (κ2) is 6.78. The molecule has 0 spiro atoms. The van der Waals surface area contributed by atoms with Gasteiger partial charge < -0.3 is 15.2 Å². The van der Waals surface area contributed by atoms with Gasteiger partial charge in [-0.15, -0.1) is 0 Å². The second-order valence-electron chi connectivity index (χ2n) is 5.15. The van der Waals surface area contributed by atoms with Crippen molar-refractivity contribution in [1.29, 1.82) is 0 Å². The lowest BCUT2D eigenvalue weighted by Crippen LogP contribution is -2.41. The van der Waals surface area contributed by atoms with Gasteiger partial charge in [0.05, 0.1) is 7.11 Å². The molecule has 4 nitrogen and oxygen atoms in total. The SMILES string of the molecule is COc1ccc(OCCN(C)C(CN)C2CC2)cc1. The molecule has 106 valence electrons. The molecule has 2 N–H and O–H groups in total. The lowest BCUT2D eigenvalue weighted by molar-refractivity contribution is 0.180. The van der Waals surface area contributed by atoms with E-state index < -0.39 is 0 Å². The number of ether oxygens (including phenoxy) is 2. The molecule has 1 saturated carbocycles. The summed E-state index contributed by atoms with van der Waals surface area (Å²) in [7, 11) is 3.79. The Kier molecular flexibility index (Phi) is 5.05. The van der Waals surface area contributed by atoms with E-state index >= 15 is 0 Å². The van der Waals surface area contributed by atoms with Gasteiger partial charge in [-0.3, -0.25) is 4.90 Å². The lowest BCUT2D eigenvalue weighted by Gasteiger charge is -2.26. The van der Waals surface area contributed by atoms with E-state index in [0.717, 1.165) is 30.5 Å². The molecular formula is C15H24N2O2. The van der Waals surface area contributed by atoms with Crippen molar-refractivity contribution in [2.24, 2.45) is 11.7 Å². The average Bonchev–Trinajstić information content (AvgIpc) is 3.25. The Labute approximate surface area is 115 Å². The Morgan fingerprint density at radius 1 is 1.26 bits per heavy atom. The summed E-state index contributed by atoms with van der Waals surface area (Å²) in [6.45, 7) is 2.33. The molecule has 1 aromatic carbocycles. The Bertz CT molecular complexity index is 376. The van der Waals surface area contributed by atoms with Gasteiger partial charge in [0.2, 0.25) is 0 Å². The fourth-order valence-corrected chi connectivity index (χ4v) is 2.36. The van der Waals surface area contributed by atoms with E-state index in [4.69, 9.17) is 15.2 Å². The molecule has 0 aromatic heterocycles. The van der Waals surface area contributed by atoms with Crippen LogP contribution < -0.4 is 15.2 Å². The minimum absolute atomic E-state index is 0.513. The second-order valence-corrected chi connectivity index (χ2v) is 5.15. The van der Waals surface area contributed by atoms with E-state index in [2.05, 4.69) is 11.9 Å². The van der Waals surface area contributed by atoms with Gasteiger partial charge in [0.1, 0.15) is 18.1 Å². The van der Waals surface area contributed by atoms with Crippen LogP contribution in [0, 0.1) is 5.92 Å². The first-order chi connectivity index (χ1) is 9.24. The Morgan fingerprint density at radius 3 is 2.42 bits per heavy atom. The molecule has 0 amide bonds. The molecule has 0 bridgehead atoms. The highest BCUT2D eigenvalue weighted by molar-refractivity contribution is 5.31. The highest BCUT2D eigenvalue weighted by Gasteiger charge is 2.32. The van der Waals surface area contributed by atoms with Gasteiger partial charge in [0, 0.05) is 19.1 Å². The maximum absolute atomic E-state index is 5.83. The summed E-state index contributed by atoms with van der Waals surface area (Å²) in [5.41, 5.74) is 5.83. The van der Waals surface area contributed by atoms with Gasteiger partial charge in [0.15, 0.2) is 0 Å². The molecule has 2 rings (SSSR count). The summed E-state index contributed by atoms with van der Waals surface area (Å²) < 4.78 is 10.8. The maximum atomic E-state index is 5.83. The van der Waals surface area contributed by atoms with Crippen molar-refractivity contribution in [2.45, 2.75) is 18.9 Å². The van der Waals surface area contributed by atoms with Gasteiger partial charge in [-0.25, -0.2) is 0 Å². The van der Waals surface area contributed by atoms with E-state index in [1.165, 1.54) is 12.8 Å². The summed E-state index contributed by atoms with van der Waals surface area (Å²) in [4.78, 5) is 2.32. The highest BCUT2D eigenvalue weighted by atomic mass is 16.5. The topological polar surface area (TPSA) is 47.7 Å². The number of likely N-dealkylation sites (N-methyl/N-ethyl adjacent to an activating group) is 1. The third-order valence-electron chi connectivity index (χ3n) is 3.75. The molecule has 0 radical (unpaired) electrons. The third-order valence-corrected chi connectivity index (χ3v) is 3.75. The minimum Gasteiger partial charge on any atom is -0.497 e. The number of benzene rings is 1. The third kappa shape index (κ3) is 4.11. The largest absolute Gasteiger partial charge is 0.497 e. The van der Waals surface area contributed by atoms with Crippen LogP contribution in [0.25, 0.3) is 0 Å². The fraction of sp³-hybridized carbons (Fsp3) is 0.600. The molecule has 1 atom stereocenters. The number of hydrogen-bond acceptors (Lipinski definition) is 4. The number of nitrogens with zero attached hydrogens (tertiary/aromatic N) is 1. The zero-order chi connectivity index (χ0) is 13.7. The van der Waals surface area contributed by atoms with Gasteiger partial charge in [-0.05, 0) is 50.1 Å². The summed E-state index contributed by atoms with van der Waals surface area (Å²) >= 11 is 0. The monoisotopic (exact) mass is 264 g/mol.